The molecule has 0 aliphatic carbocycles. The number of fused-ring (bicyclic) bond motifs is 1. The molecule has 0 bridgehead atoms. The number of amides is 2. The van der Waals surface area contributed by atoms with Crippen LogP contribution in [0.2, 0.25) is 0 Å². The van der Waals surface area contributed by atoms with Crippen molar-refractivity contribution in [1.29, 1.82) is 0 Å². The Morgan fingerprint density at radius 3 is 2.65 bits per heavy atom. The lowest BCUT2D eigenvalue weighted by molar-refractivity contribution is -0.125. The van der Waals surface area contributed by atoms with E-state index in [-0.39, 0.29) is 18.2 Å². The van der Waals surface area contributed by atoms with E-state index < -0.39 is 0 Å². The molecule has 0 spiro atoms. The van der Waals surface area contributed by atoms with Crippen molar-refractivity contribution >= 4 is 23.2 Å². The maximum atomic E-state index is 12.8. The molecule has 0 radical (unpaired) electrons. The molecule has 0 unspecified atom stereocenters. The molecule has 23 heavy (non-hydrogen) atoms. The molecule has 2 aromatic carbocycles. The van der Waals surface area contributed by atoms with Crippen LogP contribution in [-0.2, 0) is 22.4 Å². The number of rotatable bonds is 3. The maximum absolute atomic E-state index is 12.8. The fraction of sp³-hybridized carbons (Fsp3) is 0.263. The summed E-state index contributed by atoms with van der Waals surface area (Å²) in [7, 11) is 0. The largest absolute Gasteiger partial charge is 0.383 e. The monoisotopic (exact) mass is 308 g/mol. The summed E-state index contributed by atoms with van der Waals surface area (Å²) in [5.41, 5.74) is 4.72. The molecule has 0 fully saturated rings. The van der Waals surface area contributed by atoms with Crippen LogP contribution >= 0.6 is 0 Å². The first kappa shape index (κ1) is 15.3. The third kappa shape index (κ3) is 2.97. The zero-order valence-corrected chi connectivity index (χ0v) is 13.4. The van der Waals surface area contributed by atoms with E-state index in [0.717, 1.165) is 35.3 Å². The standard InChI is InChI=1S/C19H20N2O2/c1-13-6-3-4-7-16(13)12-18(23)21(14(2)22)17-9-5-8-15-10-11-20-19(15)17/h3-9,20H,10-12H2,1-2H3. The summed E-state index contributed by atoms with van der Waals surface area (Å²) in [5.74, 6) is -0.459. The second-order valence-electron chi connectivity index (χ2n) is 5.84. The van der Waals surface area contributed by atoms with Crippen LogP contribution in [0.5, 0.6) is 0 Å². The zero-order valence-electron chi connectivity index (χ0n) is 13.4. The van der Waals surface area contributed by atoms with Crippen LogP contribution in [0.4, 0.5) is 11.4 Å². The number of hydrogen-bond donors (Lipinski definition) is 1. The number of carbonyl (C=O) groups is 2. The number of imide groups is 1. The van der Waals surface area contributed by atoms with Gasteiger partial charge in [-0.1, -0.05) is 36.4 Å². The van der Waals surface area contributed by atoms with Gasteiger partial charge in [0.15, 0.2) is 0 Å². The predicted octanol–water partition coefficient (Wildman–Crippen LogP) is 3.09. The molecule has 0 atom stereocenters. The molecule has 2 aromatic rings. The molecule has 0 aromatic heterocycles. The Bertz CT molecular complexity index is 768. The lowest BCUT2D eigenvalue weighted by Gasteiger charge is -2.22. The van der Waals surface area contributed by atoms with Gasteiger partial charge in [-0.25, -0.2) is 4.90 Å². The van der Waals surface area contributed by atoms with Crippen molar-refractivity contribution in [1.82, 2.24) is 0 Å². The number of anilines is 2. The second kappa shape index (κ2) is 6.24. The number of nitrogens with one attached hydrogen (secondary N) is 1. The highest BCUT2D eigenvalue weighted by Crippen LogP contribution is 2.34. The van der Waals surface area contributed by atoms with Gasteiger partial charge in [-0.05, 0) is 36.1 Å². The van der Waals surface area contributed by atoms with Crippen molar-refractivity contribution in [2.24, 2.45) is 0 Å². The highest BCUT2D eigenvalue weighted by atomic mass is 16.2. The highest BCUT2D eigenvalue weighted by Gasteiger charge is 2.26. The summed E-state index contributed by atoms with van der Waals surface area (Å²) < 4.78 is 0. The van der Waals surface area contributed by atoms with Gasteiger partial charge in [0.25, 0.3) is 0 Å². The Morgan fingerprint density at radius 2 is 1.91 bits per heavy atom. The minimum Gasteiger partial charge on any atom is -0.383 e. The number of aryl methyl sites for hydroxylation is 1. The molecule has 0 saturated heterocycles. The number of carbonyl (C=O) groups excluding carboxylic acids is 2. The van der Waals surface area contributed by atoms with Gasteiger partial charge in [0.1, 0.15) is 0 Å². The first-order valence-electron chi connectivity index (χ1n) is 7.81. The fourth-order valence-electron chi connectivity index (χ4n) is 3.04. The first-order valence-corrected chi connectivity index (χ1v) is 7.81. The SMILES string of the molecule is CC(=O)N(C(=O)Cc1ccccc1C)c1cccc2c1NCC2. The molecule has 3 rings (SSSR count). The molecule has 1 N–H and O–H groups in total. The molecule has 4 heteroatoms. The Kier molecular flexibility index (Phi) is 4.15. The molecule has 1 aliphatic heterocycles. The van der Waals surface area contributed by atoms with Crippen molar-refractivity contribution in [2.75, 3.05) is 16.8 Å². The van der Waals surface area contributed by atoms with E-state index in [9.17, 15) is 9.59 Å². The lowest BCUT2D eigenvalue weighted by Crippen LogP contribution is -2.37. The van der Waals surface area contributed by atoms with Crippen molar-refractivity contribution < 1.29 is 9.59 Å². The molecular formula is C19H20N2O2. The van der Waals surface area contributed by atoms with Gasteiger partial charge in [0, 0.05) is 13.5 Å². The summed E-state index contributed by atoms with van der Waals surface area (Å²) >= 11 is 0. The van der Waals surface area contributed by atoms with Crippen molar-refractivity contribution in [2.45, 2.75) is 26.7 Å². The van der Waals surface area contributed by atoms with Gasteiger partial charge in [-0.15, -0.1) is 0 Å². The van der Waals surface area contributed by atoms with E-state index in [1.54, 1.807) is 0 Å². The third-order valence-electron chi connectivity index (χ3n) is 4.23. The van der Waals surface area contributed by atoms with E-state index in [1.165, 1.54) is 11.8 Å². The summed E-state index contributed by atoms with van der Waals surface area (Å²) in [6.45, 7) is 4.25. The van der Waals surface area contributed by atoms with Crippen LogP contribution in [-0.4, -0.2) is 18.4 Å². The van der Waals surface area contributed by atoms with E-state index in [4.69, 9.17) is 0 Å². The Morgan fingerprint density at radius 1 is 1.13 bits per heavy atom. The first-order chi connectivity index (χ1) is 11.1. The van der Waals surface area contributed by atoms with Crippen LogP contribution in [0.1, 0.15) is 23.6 Å². The van der Waals surface area contributed by atoms with E-state index in [1.807, 2.05) is 49.4 Å². The minimum absolute atomic E-state index is 0.200. The number of para-hydroxylation sites is 1. The van der Waals surface area contributed by atoms with Crippen LogP contribution in [0.15, 0.2) is 42.5 Å². The summed E-state index contributed by atoms with van der Waals surface area (Å²) in [5, 5.41) is 3.29. The van der Waals surface area contributed by atoms with Crippen LogP contribution in [0, 0.1) is 6.92 Å². The number of benzene rings is 2. The number of nitrogens with zero attached hydrogens (tertiary/aromatic N) is 1. The van der Waals surface area contributed by atoms with Crippen molar-refractivity contribution in [3.8, 4) is 0 Å². The van der Waals surface area contributed by atoms with Gasteiger partial charge in [0.05, 0.1) is 17.8 Å². The molecule has 0 saturated carbocycles. The van der Waals surface area contributed by atoms with E-state index in [2.05, 4.69) is 5.32 Å². The smallest absolute Gasteiger partial charge is 0.238 e. The van der Waals surface area contributed by atoms with Crippen molar-refractivity contribution in [3.63, 3.8) is 0 Å². The maximum Gasteiger partial charge on any atom is 0.238 e. The quantitative estimate of drug-likeness (QED) is 0.948. The average molecular weight is 308 g/mol. The normalized spacial score (nSPS) is 12.4. The predicted molar refractivity (Wildman–Crippen MR) is 91.7 cm³/mol. The van der Waals surface area contributed by atoms with Gasteiger partial charge < -0.3 is 5.32 Å². The molecule has 1 heterocycles. The highest BCUT2D eigenvalue weighted by molar-refractivity contribution is 6.16. The summed E-state index contributed by atoms with van der Waals surface area (Å²) in [6.07, 6.45) is 1.14. The van der Waals surface area contributed by atoms with Crippen LogP contribution < -0.4 is 10.2 Å². The molecular weight excluding hydrogens is 288 g/mol. The van der Waals surface area contributed by atoms with E-state index in [0.29, 0.717) is 5.69 Å². The molecule has 4 nitrogen and oxygen atoms in total. The third-order valence-corrected chi connectivity index (χ3v) is 4.23. The van der Waals surface area contributed by atoms with Crippen LogP contribution in [0.25, 0.3) is 0 Å². The summed E-state index contributed by atoms with van der Waals surface area (Å²) in [4.78, 5) is 26.2. The Hall–Kier alpha value is -2.62. The Labute approximate surface area is 136 Å². The Balaban J connectivity index is 1.94. The van der Waals surface area contributed by atoms with Crippen molar-refractivity contribution in [3.05, 3.63) is 59.2 Å². The summed E-state index contributed by atoms with van der Waals surface area (Å²) in [6, 6.07) is 13.5. The fourth-order valence-corrected chi connectivity index (χ4v) is 3.04. The molecule has 1 aliphatic rings. The van der Waals surface area contributed by atoms with Crippen LogP contribution in [0.3, 0.4) is 0 Å². The average Bonchev–Trinajstić information content (AvgIpc) is 2.99. The molecule has 2 amide bonds. The van der Waals surface area contributed by atoms with E-state index >= 15 is 0 Å². The van der Waals surface area contributed by atoms with Gasteiger partial charge in [-0.2, -0.15) is 0 Å². The van der Waals surface area contributed by atoms with Gasteiger partial charge in [-0.3, -0.25) is 9.59 Å². The zero-order chi connectivity index (χ0) is 16.4. The molecule has 118 valence electrons. The topological polar surface area (TPSA) is 49.4 Å². The number of hydrogen-bond acceptors (Lipinski definition) is 3. The second-order valence-corrected chi connectivity index (χ2v) is 5.84. The van der Waals surface area contributed by atoms with Gasteiger partial charge >= 0.3 is 0 Å². The van der Waals surface area contributed by atoms with Gasteiger partial charge in [0.2, 0.25) is 11.8 Å². The lowest BCUT2D eigenvalue weighted by atomic mass is 10.0. The minimum atomic E-state index is -0.259.